The molecule has 0 aliphatic heterocycles. The highest BCUT2D eigenvalue weighted by atomic mass is 19.1. The Morgan fingerprint density at radius 2 is 2.08 bits per heavy atom. The van der Waals surface area contributed by atoms with Gasteiger partial charge in [0.2, 0.25) is 0 Å². The van der Waals surface area contributed by atoms with Gasteiger partial charge in [-0.3, -0.25) is 4.79 Å². The molecule has 0 saturated heterocycles. The number of rotatable bonds is 2. The zero-order chi connectivity index (χ0) is 10.0. The van der Waals surface area contributed by atoms with Gasteiger partial charge in [0.05, 0.1) is 12.7 Å². The molecular formula is C8H7F2NO2. The third-order valence-corrected chi connectivity index (χ3v) is 1.48. The van der Waals surface area contributed by atoms with E-state index in [0.29, 0.717) is 6.07 Å². The fraction of sp³-hybridized carbons (Fsp3) is 0.125. The summed E-state index contributed by atoms with van der Waals surface area (Å²) < 4.78 is 30.1. The van der Waals surface area contributed by atoms with Crippen LogP contribution < -0.4 is 10.5 Å². The summed E-state index contributed by atoms with van der Waals surface area (Å²) in [6.45, 7) is 0. The lowest BCUT2D eigenvalue weighted by Crippen LogP contribution is -2.13. The summed E-state index contributed by atoms with van der Waals surface area (Å²) in [6.07, 6.45) is 0. The maximum Gasteiger partial charge on any atom is 0.252 e. The molecule has 2 N–H and O–H groups in total. The van der Waals surface area contributed by atoms with Crippen LogP contribution in [0.15, 0.2) is 12.1 Å². The SMILES string of the molecule is COc1c(F)cc(F)cc1C(N)=O. The molecule has 13 heavy (non-hydrogen) atoms. The van der Waals surface area contributed by atoms with Gasteiger partial charge >= 0.3 is 0 Å². The highest BCUT2D eigenvalue weighted by Gasteiger charge is 2.15. The van der Waals surface area contributed by atoms with Crippen LogP contribution in [0.2, 0.25) is 0 Å². The van der Waals surface area contributed by atoms with Crippen molar-refractivity contribution in [2.24, 2.45) is 5.73 Å². The van der Waals surface area contributed by atoms with Gasteiger partial charge < -0.3 is 10.5 Å². The Kier molecular flexibility index (Phi) is 2.46. The van der Waals surface area contributed by atoms with Gasteiger partial charge in [0.25, 0.3) is 5.91 Å². The van der Waals surface area contributed by atoms with Gasteiger partial charge in [-0.1, -0.05) is 0 Å². The van der Waals surface area contributed by atoms with Gasteiger partial charge in [-0.25, -0.2) is 8.78 Å². The first-order valence-electron chi connectivity index (χ1n) is 3.39. The van der Waals surface area contributed by atoms with Crippen LogP contribution in [-0.4, -0.2) is 13.0 Å². The Bertz CT molecular complexity index is 352. The third-order valence-electron chi connectivity index (χ3n) is 1.48. The molecule has 1 amide bonds. The number of nitrogens with two attached hydrogens (primary N) is 1. The van der Waals surface area contributed by atoms with Crippen LogP contribution in [0.25, 0.3) is 0 Å². The first kappa shape index (κ1) is 9.44. The number of methoxy groups -OCH3 is 1. The molecule has 0 radical (unpaired) electrons. The molecular weight excluding hydrogens is 180 g/mol. The summed E-state index contributed by atoms with van der Waals surface area (Å²) in [4.78, 5) is 10.7. The molecule has 0 heterocycles. The van der Waals surface area contributed by atoms with Crippen LogP contribution in [0, 0.1) is 11.6 Å². The Labute approximate surface area is 73.1 Å². The van der Waals surface area contributed by atoms with Crippen LogP contribution in [0.3, 0.4) is 0 Å². The fourth-order valence-electron chi connectivity index (χ4n) is 0.951. The standard InChI is InChI=1S/C8H7F2NO2/c1-13-7-5(8(11)12)2-4(9)3-6(7)10/h2-3H,1H3,(H2,11,12). The van der Waals surface area contributed by atoms with Crippen molar-refractivity contribution in [3.8, 4) is 5.75 Å². The van der Waals surface area contributed by atoms with E-state index in [0.717, 1.165) is 6.07 Å². The minimum atomic E-state index is -0.948. The summed E-state index contributed by atoms with van der Waals surface area (Å²) >= 11 is 0. The van der Waals surface area contributed by atoms with Gasteiger partial charge in [0.15, 0.2) is 11.6 Å². The molecule has 0 unspecified atom stereocenters. The van der Waals surface area contributed by atoms with Crippen molar-refractivity contribution < 1.29 is 18.3 Å². The minimum absolute atomic E-state index is 0.306. The summed E-state index contributed by atoms with van der Waals surface area (Å²) in [5.41, 5.74) is 4.57. The van der Waals surface area contributed by atoms with Crippen molar-refractivity contribution in [1.82, 2.24) is 0 Å². The number of primary amides is 1. The smallest absolute Gasteiger partial charge is 0.252 e. The molecule has 0 aliphatic carbocycles. The molecule has 3 nitrogen and oxygen atoms in total. The second-order valence-corrected chi connectivity index (χ2v) is 2.33. The van der Waals surface area contributed by atoms with Crippen molar-refractivity contribution in [1.29, 1.82) is 0 Å². The number of benzene rings is 1. The van der Waals surface area contributed by atoms with Crippen LogP contribution in [0.5, 0.6) is 5.75 Å². The van der Waals surface area contributed by atoms with E-state index >= 15 is 0 Å². The van der Waals surface area contributed by atoms with E-state index in [4.69, 9.17) is 5.73 Å². The predicted molar refractivity (Wildman–Crippen MR) is 41.4 cm³/mol. The molecule has 0 atom stereocenters. The summed E-state index contributed by atoms with van der Waals surface area (Å²) in [5, 5.41) is 0. The lowest BCUT2D eigenvalue weighted by Gasteiger charge is -2.05. The predicted octanol–water partition coefficient (Wildman–Crippen LogP) is 1.07. The molecule has 0 aromatic heterocycles. The van der Waals surface area contributed by atoms with E-state index in [1.807, 2.05) is 0 Å². The average molecular weight is 187 g/mol. The third kappa shape index (κ3) is 1.74. The highest BCUT2D eigenvalue weighted by molar-refractivity contribution is 5.95. The summed E-state index contributed by atoms with van der Waals surface area (Å²) in [7, 11) is 1.17. The fourth-order valence-corrected chi connectivity index (χ4v) is 0.951. The number of carbonyl (C=O) groups excluding carboxylic acids is 1. The van der Waals surface area contributed by atoms with E-state index in [1.165, 1.54) is 7.11 Å². The molecule has 0 aliphatic rings. The van der Waals surface area contributed by atoms with E-state index in [1.54, 1.807) is 0 Å². The molecule has 0 fully saturated rings. The quantitative estimate of drug-likeness (QED) is 0.752. The van der Waals surface area contributed by atoms with Gasteiger partial charge in [0.1, 0.15) is 5.82 Å². The Morgan fingerprint density at radius 3 is 2.54 bits per heavy atom. The zero-order valence-corrected chi connectivity index (χ0v) is 6.80. The summed E-state index contributed by atoms with van der Waals surface area (Å²) in [5.74, 6) is -3.09. The van der Waals surface area contributed by atoms with Crippen LogP contribution >= 0.6 is 0 Å². The number of hydrogen-bond donors (Lipinski definition) is 1. The van der Waals surface area contributed by atoms with E-state index in [-0.39, 0.29) is 11.3 Å². The van der Waals surface area contributed by atoms with Crippen molar-refractivity contribution in [2.45, 2.75) is 0 Å². The monoisotopic (exact) mass is 187 g/mol. The van der Waals surface area contributed by atoms with E-state index < -0.39 is 17.5 Å². The van der Waals surface area contributed by atoms with E-state index in [9.17, 15) is 13.6 Å². The van der Waals surface area contributed by atoms with Gasteiger partial charge in [-0.05, 0) is 6.07 Å². The van der Waals surface area contributed by atoms with Gasteiger partial charge in [-0.2, -0.15) is 0 Å². The van der Waals surface area contributed by atoms with Gasteiger partial charge in [-0.15, -0.1) is 0 Å². The molecule has 1 aromatic carbocycles. The summed E-state index contributed by atoms with van der Waals surface area (Å²) in [6, 6.07) is 1.44. The number of hydrogen-bond acceptors (Lipinski definition) is 2. The molecule has 5 heteroatoms. The topological polar surface area (TPSA) is 52.3 Å². The number of carbonyl (C=O) groups is 1. The van der Waals surface area contributed by atoms with Crippen molar-refractivity contribution in [2.75, 3.05) is 7.11 Å². The van der Waals surface area contributed by atoms with Crippen molar-refractivity contribution in [3.63, 3.8) is 0 Å². The highest BCUT2D eigenvalue weighted by Crippen LogP contribution is 2.23. The van der Waals surface area contributed by atoms with Crippen molar-refractivity contribution in [3.05, 3.63) is 29.3 Å². The Hall–Kier alpha value is -1.65. The second kappa shape index (κ2) is 3.38. The van der Waals surface area contributed by atoms with Crippen LogP contribution in [0.4, 0.5) is 8.78 Å². The molecule has 1 rings (SSSR count). The first-order chi connectivity index (χ1) is 6.06. The molecule has 0 spiro atoms. The second-order valence-electron chi connectivity index (χ2n) is 2.33. The Morgan fingerprint density at radius 1 is 1.46 bits per heavy atom. The van der Waals surface area contributed by atoms with Crippen molar-refractivity contribution >= 4 is 5.91 Å². The van der Waals surface area contributed by atoms with Gasteiger partial charge in [0, 0.05) is 6.07 Å². The number of amides is 1. The molecule has 0 saturated carbocycles. The number of ether oxygens (including phenoxy) is 1. The normalized spacial score (nSPS) is 9.77. The first-order valence-corrected chi connectivity index (χ1v) is 3.39. The average Bonchev–Trinajstić information content (AvgIpc) is 2.02. The lowest BCUT2D eigenvalue weighted by molar-refractivity contribution is 0.0996. The van der Waals surface area contributed by atoms with Crippen LogP contribution in [-0.2, 0) is 0 Å². The van der Waals surface area contributed by atoms with E-state index in [2.05, 4.69) is 4.74 Å². The Balaban J connectivity index is 3.38. The number of halogens is 2. The van der Waals surface area contributed by atoms with Crippen LogP contribution in [0.1, 0.15) is 10.4 Å². The molecule has 1 aromatic rings. The maximum absolute atomic E-state index is 12.9. The largest absolute Gasteiger partial charge is 0.493 e. The maximum atomic E-state index is 12.9. The minimum Gasteiger partial charge on any atom is -0.493 e. The zero-order valence-electron chi connectivity index (χ0n) is 6.80. The molecule has 0 bridgehead atoms. The molecule has 70 valence electrons. The lowest BCUT2D eigenvalue weighted by atomic mass is 10.2.